The number of nitrogens with one attached hydrogen (secondary N) is 2. The summed E-state index contributed by atoms with van der Waals surface area (Å²) < 4.78 is 1.03. The third-order valence-corrected chi connectivity index (χ3v) is 4.38. The van der Waals surface area contributed by atoms with Gasteiger partial charge in [0, 0.05) is 27.3 Å². The second-order valence-corrected chi connectivity index (χ2v) is 6.90. The lowest BCUT2D eigenvalue weighted by Gasteiger charge is -2.08. The van der Waals surface area contributed by atoms with Gasteiger partial charge in [-0.2, -0.15) is 0 Å². The number of anilines is 1. The monoisotopic (exact) mass is 420 g/mol. The summed E-state index contributed by atoms with van der Waals surface area (Å²) in [5.74, 6) is 0.210. The molecule has 0 saturated heterocycles. The topological polar surface area (TPSA) is 58.2 Å². The standard InChI is InChI=1S/C18H17IN2O2/c19-15-3-1-2-14(10-15)17(22)20-11-12-4-8-16(9-5-12)21-18(23)13-6-7-13/h1-5,8-10,13H,6-7,11H2,(H,20,22)(H,21,23). The maximum absolute atomic E-state index is 12.1. The summed E-state index contributed by atoms with van der Waals surface area (Å²) in [7, 11) is 0. The molecule has 2 N–H and O–H groups in total. The highest BCUT2D eigenvalue weighted by molar-refractivity contribution is 14.1. The predicted molar refractivity (Wildman–Crippen MR) is 98.1 cm³/mol. The average Bonchev–Trinajstić information content (AvgIpc) is 3.39. The minimum Gasteiger partial charge on any atom is -0.348 e. The Kier molecular flexibility index (Phi) is 4.95. The van der Waals surface area contributed by atoms with Crippen molar-refractivity contribution in [2.24, 2.45) is 5.92 Å². The van der Waals surface area contributed by atoms with E-state index in [9.17, 15) is 9.59 Å². The molecule has 0 spiro atoms. The average molecular weight is 420 g/mol. The molecule has 1 aliphatic carbocycles. The van der Waals surface area contributed by atoms with Gasteiger partial charge < -0.3 is 10.6 Å². The van der Waals surface area contributed by atoms with Gasteiger partial charge in [0.1, 0.15) is 0 Å². The molecule has 0 aromatic heterocycles. The van der Waals surface area contributed by atoms with E-state index in [0.717, 1.165) is 27.7 Å². The van der Waals surface area contributed by atoms with E-state index in [4.69, 9.17) is 0 Å². The van der Waals surface area contributed by atoms with E-state index in [0.29, 0.717) is 12.1 Å². The Hall–Kier alpha value is -1.89. The molecule has 2 aromatic carbocycles. The Bertz CT molecular complexity index is 724. The molecule has 2 aromatic rings. The predicted octanol–water partition coefficient (Wildman–Crippen LogP) is 3.57. The maximum atomic E-state index is 12.1. The zero-order chi connectivity index (χ0) is 16.2. The number of carbonyl (C=O) groups is 2. The van der Waals surface area contributed by atoms with Gasteiger partial charge in [-0.25, -0.2) is 0 Å². The second-order valence-electron chi connectivity index (χ2n) is 5.65. The second kappa shape index (κ2) is 7.12. The fourth-order valence-electron chi connectivity index (χ4n) is 2.21. The van der Waals surface area contributed by atoms with E-state index in [2.05, 4.69) is 33.2 Å². The third-order valence-electron chi connectivity index (χ3n) is 3.71. The highest BCUT2D eigenvalue weighted by Gasteiger charge is 2.29. The first kappa shape index (κ1) is 16.0. The van der Waals surface area contributed by atoms with Crippen molar-refractivity contribution >= 4 is 40.1 Å². The largest absolute Gasteiger partial charge is 0.348 e. The van der Waals surface area contributed by atoms with E-state index in [-0.39, 0.29) is 17.7 Å². The highest BCUT2D eigenvalue weighted by atomic mass is 127. The molecule has 3 rings (SSSR count). The van der Waals surface area contributed by atoms with E-state index in [1.807, 2.05) is 42.5 Å². The number of hydrogen-bond acceptors (Lipinski definition) is 2. The molecule has 0 radical (unpaired) electrons. The maximum Gasteiger partial charge on any atom is 0.251 e. The summed E-state index contributed by atoms with van der Waals surface area (Å²) in [5.41, 5.74) is 2.45. The van der Waals surface area contributed by atoms with Crippen LogP contribution in [0.15, 0.2) is 48.5 Å². The normalized spacial score (nSPS) is 13.4. The molecule has 4 nitrogen and oxygen atoms in total. The van der Waals surface area contributed by atoms with Gasteiger partial charge in [0.2, 0.25) is 5.91 Å². The van der Waals surface area contributed by atoms with Gasteiger partial charge in [-0.3, -0.25) is 9.59 Å². The van der Waals surface area contributed by atoms with Crippen LogP contribution in [0.3, 0.4) is 0 Å². The molecule has 118 valence electrons. The first-order chi connectivity index (χ1) is 11.1. The molecule has 0 bridgehead atoms. The molecule has 0 atom stereocenters. The van der Waals surface area contributed by atoms with Crippen LogP contribution in [0, 0.1) is 9.49 Å². The van der Waals surface area contributed by atoms with E-state index in [1.54, 1.807) is 6.07 Å². The van der Waals surface area contributed by atoms with E-state index in [1.165, 1.54) is 0 Å². The van der Waals surface area contributed by atoms with Gasteiger partial charge in [0.15, 0.2) is 0 Å². The fourth-order valence-corrected chi connectivity index (χ4v) is 2.75. The van der Waals surface area contributed by atoms with Crippen molar-refractivity contribution in [2.45, 2.75) is 19.4 Å². The molecule has 1 fully saturated rings. The molecule has 1 saturated carbocycles. The van der Waals surface area contributed by atoms with Gasteiger partial charge >= 0.3 is 0 Å². The highest BCUT2D eigenvalue weighted by Crippen LogP contribution is 2.30. The van der Waals surface area contributed by atoms with Crippen LogP contribution in [-0.4, -0.2) is 11.8 Å². The zero-order valence-electron chi connectivity index (χ0n) is 12.5. The zero-order valence-corrected chi connectivity index (χ0v) is 14.7. The Labute approximate surface area is 148 Å². The quantitative estimate of drug-likeness (QED) is 0.727. The van der Waals surface area contributed by atoms with E-state index < -0.39 is 0 Å². The first-order valence-corrected chi connectivity index (χ1v) is 8.63. The summed E-state index contributed by atoms with van der Waals surface area (Å²) in [6.07, 6.45) is 1.99. The Balaban J connectivity index is 1.53. The van der Waals surface area contributed by atoms with Crippen LogP contribution in [0.25, 0.3) is 0 Å². The molecular weight excluding hydrogens is 403 g/mol. The van der Waals surface area contributed by atoms with Crippen LogP contribution in [0.5, 0.6) is 0 Å². The van der Waals surface area contributed by atoms with Gasteiger partial charge in [0.25, 0.3) is 5.91 Å². The SMILES string of the molecule is O=C(NCc1ccc(NC(=O)C2CC2)cc1)c1cccc(I)c1. The van der Waals surface area contributed by atoms with Gasteiger partial charge in [-0.05, 0) is 71.3 Å². The molecule has 2 amide bonds. The van der Waals surface area contributed by atoms with Crippen LogP contribution in [0.2, 0.25) is 0 Å². The van der Waals surface area contributed by atoms with Crippen LogP contribution in [0.1, 0.15) is 28.8 Å². The summed E-state index contributed by atoms with van der Waals surface area (Å²) in [6.45, 7) is 0.459. The number of halogens is 1. The molecular formula is C18H17IN2O2. The van der Waals surface area contributed by atoms with Crippen LogP contribution in [0.4, 0.5) is 5.69 Å². The van der Waals surface area contributed by atoms with E-state index >= 15 is 0 Å². The third kappa shape index (κ3) is 4.54. The summed E-state index contributed by atoms with van der Waals surface area (Å²) in [5, 5.41) is 5.80. The van der Waals surface area contributed by atoms with Crippen molar-refractivity contribution < 1.29 is 9.59 Å². The van der Waals surface area contributed by atoms with Crippen LogP contribution < -0.4 is 10.6 Å². The van der Waals surface area contributed by atoms with Crippen molar-refractivity contribution in [1.29, 1.82) is 0 Å². The molecule has 23 heavy (non-hydrogen) atoms. The lowest BCUT2D eigenvalue weighted by molar-refractivity contribution is -0.117. The van der Waals surface area contributed by atoms with Gasteiger partial charge in [-0.1, -0.05) is 18.2 Å². The van der Waals surface area contributed by atoms with Crippen molar-refractivity contribution in [2.75, 3.05) is 5.32 Å². The molecule has 0 aliphatic heterocycles. The fraction of sp³-hybridized carbons (Fsp3) is 0.222. The number of carbonyl (C=O) groups excluding carboxylic acids is 2. The molecule has 0 heterocycles. The first-order valence-electron chi connectivity index (χ1n) is 7.55. The molecule has 0 unspecified atom stereocenters. The lowest BCUT2D eigenvalue weighted by Crippen LogP contribution is -2.22. The van der Waals surface area contributed by atoms with Crippen molar-refractivity contribution in [3.8, 4) is 0 Å². The number of benzene rings is 2. The van der Waals surface area contributed by atoms with Crippen molar-refractivity contribution in [3.05, 3.63) is 63.2 Å². The smallest absolute Gasteiger partial charge is 0.251 e. The van der Waals surface area contributed by atoms with Gasteiger partial charge in [0.05, 0.1) is 0 Å². The summed E-state index contributed by atoms with van der Waals surface area (Å²) in [6, 6.07) is 15.0. The van der Waals surface area contributed by atoms with Crippen molar-refractivity contribution in [3.63, 3.8) is 0 Å². The Morgan fingerprint density at radius 1 is 1.09 bits per heavy atom. The minimum absolute atomic E-state index is 0.0883. The van der Waals surface area contributed by atoms with Gasteiger partial charge in [-0.15, -0.1) is 0 Å². The lowest BCUT2D eigenvalue weighted by atomic mass is 10.2. The number of hydrogen-bond donors (Lipinski definition) is 2. The molecule has 1 aliphatic rings. The van der Waals surface area contributed by atoms with Crippen LogP contribution >= 0.6 is 22.6 Å². The Morgan fingerprint density at radius 3 is 2.48 bits per heavy atom. The molecule has 5 heteroatoms. The van der Waals surface area contributed by atoms with Crippen molar-refractivity contribution in [1.82, 2.24) is 5.32 Å². The summed E-state index contributed by atoms with van der Waals surface area (Å²) in [4.78, 5) is 23.8. The summed E-state index contributed by atoms with van der Waals surface area (Å²) >= 11 is 2.19. The number of rotatable bonds is 5. The minimum atomic E-state index is -0.0883. The Morgan fingerprint density at radius 2 is 1.83 bits per heavy atom. The van der Waals surface area contributed by atoms with Crippen LogP contribution in [-0.2, 0) is 11.3 Å². The number of amides is 2.